The zero-order valence-electron chi connectivity index (χ0n) is 10.6. The van der Waals surface area contributed by atoms with Crippen LogP contribution < -0.4 is 11.1 Å². The number of hydrogen-bond acceptors (Lipinski definition) is 2. The Balaban J connectivity index is 2.01. The van der Waals surface area contributed by atoms with Crippen molar-refractivity contribution in [1.82, 2.24) is 5.32 Å². The summed E-state index contributed by atoms with van der Waals surface area (Å²) in [6.45, 7) is 2.22. The lowest BCUT2D eigenvalue weighted by molar-refractivity contribution is 0.0923. The lowest BCUT2D eigenvalue weighted by Crippen LogP contribution is -2.37. The van der Waals surface area contributed by atoms with E-state index in [1.165, 1.54) is 18.2 Å². The maximum absolute atomic E-state index is 13.1. The van der Waals surface area contributed by atoms with Gasteiger partial charge in [0.15, 0.2) is 0 Å². The van der Waals surface area contributed by atoms with Crippen LogP contribution in [0.3, 0.4) is 0 Å². The Morgan fingerprint density at radius 3 is 2.67 bits per heavy atom. The maximum atomic E-state index is 13.1. The van der Waals surface area contributed by atoms with Crippen LogP contribution in [0.5, 0.6) is 0 Å². The Morgan fingerprint density at radius 1 is 1.33 bits per heavy atom. The highest BCUT2D eigenvalue weighted by Gasteiger charge is 2.21. The van der Waals surface area contributed by atoms with Crippen LogP contribution in [0.4, 0.5) is 10.1 Å². The highest BCUT2D eigenvalue weighted by Crippen LogP contribution is 2.24. The zero-order valence-corrected chi connectivity index (χ0v) is 10.6. The standard InChI is InChI=1S/C14H19FN2O/c1-9-2-5-11(6-3-9)17-14(18)12-8-10(15)4-7-13(12)16/h4,7-9,11H,2-3,5-6,16H2,1H3,(H,17,18). The molecular weight excluding hydrogens is 231 g/mol. The highest BCUT2D eigenvalue weighted by atomic mass is 19.1. The highest BCUT2D eigenvalue weighted by molar-refractivity contribution is 5.99. The van der Waals surface area contributed by atoms with Gasteiger partial charge in [0, 0.05) is 11.7 Å². The molecule has 4 heteroatoms. The molecule has 0 aliphatic heterocycles. The molecule has 1 saturated carbocycles. The van der Waals surface area contributed by atoms with Crippen molar-refractivity contribution in [3.05, 3.63) is 29.6 Å². The van der Waals surface area contributed by atoms with Crippen molar-refractivity contribution in [3.63, 3.8) is 0 Å². The summed E-state index contributed by atoms with van der Waals surface area (Å²) in [6, 6.07) is 4.06. The fourth-order valence-electron chi connectivity index (χ4n) is 2.39. The smallest absolute Gasteiger partial charge is 0.253 e. The first kappa shape index (κ1) is 12.9. The Kier molecular flexibility index (Phi) is 3.84. The number of amides is 1. The molecule has 0 unspecified atom stereocenters. The summed E-state index contributed by atoms with van der Waals surface area (Å²) in [7, 11) is 0. The van der Waals surface area contributed by atoms with Gasteiger partial charge in [-0.05, 0) is 49.8 Å². The van der Waals surface area contributed by atoms with Gasteiger partial charge < -0.3 is 11.1 Å². The number of carbonyl (C=O) groups is 1. The molecule has 0 saturated heterocycles. The third kappa shape index (κ3) is 3.00. The molecule has 1 aromatic rings. The predicted molar refractivity (Wildman–Crippen MR) is 69.7 cm³/mol. The fraction of sp³-hybridized carbons (Fsp3) is 0.500. The van der Waals surface area contributed by atoms with Gasteiger partial charge in [0.25, 0.3) is 5.91 Å². The number of halogens is 1. The molecule has 3 nitrogen and oxygen atoms in total. The Hall–Kier alpha value is -1.58. The van der Waals surface area contributed by atoms with E-state index in [4.69, 9.17) is 5.73 Å². The van der Waals surface area contributed by atoms with Crippen molar-refractivity contribution >= 4 is 11.6 Å². The third-order valence-electron chi connectivity index (χ3n) is 3.61. The van der Waals surface area contributed by atoms with E-state index in [2.05, 4.69) is 12.2 Å². The second kappa shape index (κ2) is 5.38. The van der Waals surface area contributed by atoms with Crippen molar-refractivity contribution in [2.45, 2.75) is 38.6 Å². The van der Waals surface area contributed by atoms with Crippen LogP contribution >= 0.6 is 0 Å². The molecule has 0 atom stereocenters. The first-order valence-electron chi connectivity index (χ1n) is 6.42. The van der Waals surface area contributed by atoms with Gasteiger partial charge in [-0.3, -0.25) is 4.79 Å². The summed E-state index contributed by atoms with van der Waals surface area (Å²) < 4.78 is 13.1. The van der Waals surface area contributed by atoms with Gasteiger partial charge in [-0.15, -0.1) is 0 Å². The Labute approximate surface area is 107 Å². The minimum absolute atomic E-state index is 0.191. The first-order valence-corrected chi connectivity index (χ1v) is 6.42. The van der Waals surface area contributed by atoms with Crippen LogP contribution in [0, 0.1) is 11.7 Å². The lowest BCUT2D eigenvalue weighted by atomic mass is 9.87. The lowest BCUT2D eigenvalue weighted by Gasteiger charge is -2.27. The molecule has 2 rings (SSSR count). The average Bonchev–Trinajstić information content (AvgIpc) is 2.35. The molecular formula is C14H19FN2O. The molecule has 98 valence electrons. The second-order valence-electron chi connectivity index (χ2n) is 5.16. The third-order valence-corrected chi connectivity index (χ3v) is 3.61. The SMILES string of the molecule is CC1CCC(NC(=O)c2cc(F)ccc2N)CC1. The van der Waals surface area contributed by atoms with Crippen molar-refractivity contribution in [3.8, 4) is 0 Å². The number of carbonyl (C=O) groups excluding carboxylic acids is 1. The van der Waals surface area contributed by atoms with Crippen LogP contribution in [0.25, 0.3) is 0 Å². The normalized spacial score (nSPS) is 23.7. The molecule has 1 fully saturated rings. The molecule has 1 aromatic carbocycles. The van der Waals surface area contributed by atoms with Crippen molar-refractivity contribution < 1.29 is 9.18 Å². The predicted octanol–water partition coefficient (Wildman–Crippen LogP) is 2.72. The zero-order chi connectivity index (χ0) is 13.1. The number of rotatable bonds is 2. The van der Waals surface area contributed by atoms with E-state index >= 15 is 0 Å². The summed E-state index contributed by atoms with van der Waals surface area (Å²) in [5.41, 5.74) is 6.24. The Bertz CT molecular complexity index is 439. The van der Waals surface area contributed by atoms with Gasteiger partial charge in [-0.2, -0.15) is 0 Å². The van der Waals surface area contributed by atoms with Crippen LogP contribution in [0.2, 0.25) is 0 Å². The molecule has 0 aromatic heterocycles. The van der Waals surface area contributed by atoms with Gasteiger partial charge in [0.05, 0.1) is 5.56 Å². The number of nitrogen functional groups attached to an aromatic ring is 1. The van der Waals surface area contributed by atoms with Crippen LogP contribution in [-0.2, 0) is 0 Å². The van der Waals surface area contributed by atoms with Crippen molar-refractivity contribution in [2.24, 2.45) is 5.92 Å². The van der Waals surface area contributed by atoms with E-state index in [9.17, 15) is 9.18 Å². The van der Waals surface area contributed by atoms with Crippen LogP contribution in [0.15, 0.2) is 18.2 Å². The van der Waals surface area contributed by atoms with Gasteiger partial charge in [-0.1, -0.05) is 6.92 Å². The van der Waals surface area contributed by atoms with Crippen LogP contribution in [0.1, 0.15) is 43.0 Å². The van der Waals surface area contributed by atoms with E-state index in [1.54, 1.807) is 0 Å². The molecule has 0 heterocycles. The summed E-state index contributed by atoms with van der Waals surface area (Å²) in [5, 5.41) is 2.94. The molecule has 18 heavy (non-hydrogen) atoms. The number of hydrogen-bond donors (Lipinski definition) is 2. The maximum Gasteiger partial charge on any atom is 0.253 e. The van der Waals surface area contributed by atoms with E-state index in [1.807, 2.05) is 0 Å². The molecule has 1 aliphatic carbocycles. The van der Waals surface area contributed by atoms with Gasteiger partial charge in [-0.25, -0.2) is 4.39 Å². The molecule has 0 spiro atoms. The van der Waals surface area contributed by atoms with E-state index in [0.29, 0.717) is 5.69 Å². The summed E-state index contributed by atoms with van der Waals surface area (Å²) >= 11 is 0. The monoisotopic (exact) mass is 250 g/mol. The van der Waals surface area contributed by atoms with E-state index in [-0.39, 0.29) is 17.5 Å². The largest absolute Gasteiger partial charge is 0.398 e. The number of nitrogens with two attached hydrogens (primary N) is 1. The molecule has 0 bridgehead atoms. The summed E-state index contributed by atoms with van der Waals surface area (Å²) in [5.74, 6) is 0.0237. The Morgan fingerprint density at radius 2 is 2.00 bits per heavy atom. The fourth-order valence-corrected chi connectivity index (χ4v) is 2.39. The van der Waals surface area contributed by atoms with Crippen molar-refractivity contribution in [2.75, 3.05) is 5.73 Å². The minimum atomic E-state index is -0.438. The first-order chi connectivity index (χ1) is 8.56. The van der Waals surface area contributed by atoms with E-state index < -0.39 is 5.82 Å². The number of nitrogens with one attached hydrogen (secondary N) is 1. The van der Waals surface area contributed by atoms with Gasteiger partial charge in [0.1, 0.15) is 5.82 Å². The average molecular weight is 250 g/mol. The molecule has 1 aliphatic rings. The topological polar surface area (TPSA) is 55.1 Å². The second-order valence-corrected chi connectivity index (χ2v) is 5.16. The van der Waals surface area contributed by atoms with Crippen LogP contribution in [-0.4, -0.2) is 11.9 Å². The quantitative estimate of drug-likeness (QED) is 0.793. The number of anilines is 1. The summed E-state index contributed by atoms with van der Waals surface area (Å²) in [6.07, 6.45) is 4.23. The molecule has 3 N–H and O–H groups in total. The molecule has 0 radical (unpaired) electrons. The van der Waals surface area contributed by atoms with Gasteiger partial charge >= 0.3 is 0 Å². The summed E-state index contributed by atoms with van der Waals surface area (Å²) in [4.78, 5) is 12.0. The van der Waals surface area contributed by atoms with Gasteiger partial charge in [0.2, 0.25) is 0 Å². The van der Waals surface area contributed by atoms with Crippen molar-refractivity contribution in [1.29, 1.82) is 0 Å². The minimum Gasteiger partial charge on any atom is -0.398 e. The molecule has 1 amide bonds. The van der Waals surface area contributed by atoms with E-state index in [0.717, 1.165) is 31.6 Å². The number of benzene rings is 1.